The van der Waals surface area contributed by atoms with Gasteiger partial charge in [0.05, 0.1) is 5.02 Å². The molecule has 0 unspecified atom stereocenters. The molecule has 0 radical (unpaired) electrons. The van der Waals surface area contributed by atoms with Crippen molar-refractivity contribution in [2.45, 2.75) is 37.0 Å². The molecule has 1 N–H and O–H groups in total. The van der Waals surface area contributed by atoms with Crippen LogP contribution >= 0.6 is 11.6 Å². The number of amides is 1. The van der Waals surface area contributed by atoms with E-state index in [4.69, 9.17) is 11.6 Å². The molecule has 0 bridgehead atoms. The average molecular weight is 437 g/mol. The molecule has 1 aliphatic rings. The number of carbonyl (C=O) groups excluding carboxylic acids is 1. The van der Waals surface area contributed by atoms with Crippen LogP contribution in [-0.2, 0) is 10.0 Å². The Hall–Kier alpha value is -0.860. The molecule has 1 heterocycles. The zero-order chi connectivity index (χ0) is 19.2. The summed E-state index contributed by atoms with van der Waals surface area (Å²) in [6.07, 6.45) is 4.60. The van der Waals surface area contributed by atoms with Crippen molar-refractivity contribution in [2.24, 2.45) is 0 Å². The van der Waals surface area contributed by atoms with E-state index >= 15 is 0 Å². The van der Waals surface area contributed by atoms with Crippen molar-refractivity contribution in [1.29, 1.82) is 0 Å². The average Bonchev–Trinajstić information content (AvgIpc) is 2.88. The zero-order valence-corrected chi connectivity index (χ0v) is 18.2. The first-order chi connectivity index (χ1) is 12.3. The van der Waals surface area contributed by atoms with Crippen molar-refractivity contribution in [3.05, 3.63) is 28.8 Å². The molecule has 9 heteroatoms. The van der Waals surface area contributed by atoms with Crippen LogP contribution in [0.2, 0.25) is 5.02 Å². The molecular weight excluding hydrogens is 409 g/mol. The normalized spacial score (nSPS) is 15.9. The lowest BCUT2D eigenvalue weighted by Crippen LogP contribution is -3.00. The maximum Gasteiger partial charge on any atom is 0.251 e. The molecule has 0 atom stereocenters. The summed E-state index contributed by atoms with van der Waals surface area (Å²) in [6.45, 7) is 2.41. The van der Waals surface area contributed by atoms with Gasteiger partial charge in [-0.3, -0.25) is 4.79 Å². The minimum absolute atomic E-state index is 0. The lowest BCUT2D eigenvalue weighted by atomic mass is 10.2. The summed E-state index contributed by atoms with van der Waals surface area (Å²) in [7, 11) is 0.253. The molecule has 0 spiro atoms. The van der Waals surface area contributed by atoms with Crippen LogP contribution in [0.5, 0.6) is 0 Å². The third-order valence-electron chi connectivity index (χ3n) is 4.44. The molecule has 0 saturated carbocycles. The minimum atomic E-state index is -3.69. The number of benzene rings is 1. The second-order valence-electron chi connectivity index (χ2n) is 6.88. The van der Waals surface area contributed by atoms with Gasteiger partial charge in [0.1, 0.15) is 4.90 Å². The number of hydrogen-bond donors (Lipinski definition) is 1. The van der Waals surface area contributed by atoms with E-state index in [2.05, 4.69) is 5.32 Å². The number of carbonyl (C=O) groups is 1. The van der Waals surface area contributed by atoms with Crippen molar-refractivity contribution >= 4 is 27.5 Å². The smallest absolute Gasteiger partial charge is 0.251 e. The highest BCUT2D eigenvalue weighted by molar-refractivity contribution is 7.89. The molecule has 27 heavy (non-hydrogen) atoms. The van der Waals surface area contributed by atoms with Gasteiger partial charge < -0.3 is 22.6 Å². The highest BCUT2D eigenvalue weighted by Gasteiger charge is 2.28. The molecule has 1 amide bonds. The molecule has 6 nitrogen and oxygen atoms in total. The summed E-state index contributed by atoms with van der Waals surface area (Å²) in [4.78, 5) is 14.4. The molecular formula is C18H28Cl2N3O3S-. The lowest BCUT2D eigenvalue weighted by Gasteiger charge is -2.21. The SMILES string of the molecule is CN(C)CCCNC(=O)c1ccc(Cl)c(S(=O)(=O)N2CCCCCC2)c1.[Cl-]. The third-order valence-corrected chi connectivity index (χ3v) is 6.82. The van der Waals surface area contributed by atoms with E-state index in [0.29, 0.717) is 25.2 Å². The van der Waals surface area contributed by atoms with Crippen LogP contribution in [-0.4, -0.2) is 63.8 Å². The van der Waals surface area contributed by atoms with E-state index in [1.807, 2.05) is 19.0 Å². The van der Waals surface area contributed by atoms with Crippen molar-refractivity contribution < 1.29 is 25.6 Å². The number of halogens is 2. The molecule has 1 fully saturated rings. The minimum Gasteiger partial charge on any atom is -1.00 e. The van der Waals surface area contributed by atoms with Crippen LogP contribution in [0.4, 0.5) is 0 Å². The first kappa shape index (κ1) is 24.2. The Kier molecular flexibility index (Phi) is 10.0. The number of nitrogens with zero attached hydrogens (tertiary/aromatic N) is 2. The van der Waals surface area contributed by atoms with Crippen molar-refractivity contribution in [1.82, 2.24) is 14.5 Å². The predicted octanol–water partition coefficient (Wildman–Crippen LogP) is -0.410. The van der Waals surface area contributed by atoms with Gasteiger partial charge in [-0.25, -0.2) is 8.42 Å². The van der Waals surface area contributed by atoms with Gasteiger partial charge in [0.15, 0.2) is 0 Å². The first-order valence-electron chi connectivity index (χ1n) is 9.05. The van der Waals surface area contributed by atoms with Gasteiger partial charge in [-0.1, -0.05) is 24.4 Å². The van der Waals surface area contributed by atoms with Gasteiger partial charge >= 0.3 is 0 Å². The number of sulfonamides is 1. The molecule has 154 valence electrons. The van der Waals surface area contributed by atoms with Gasteiger partial charge in [-0.15, -0.1) is 0 Å². The molecule has 1 aromatic rings. The summed E-state index contributed by atoms with van der Waals surface area (Å²) in [5.41, 5.74) is 0.313. The van der Waals surface area contributed by atoms with E-state index in [0.717, 1.165) is 38.6 Å². The van der Waals surface area contributed by atoms with Crippen LogP contribution < -0.4 is 17.7 Å². The summed E-state index contributed by atoms with van der Waals surface area (Å²) in [6, 6.07) is 4.44. The Morgan fingerprint density at radius 1 is 1.19 bits per heavy atom. The van der Waals surface area contributed by atoms with Gasteiger partial charge in [-0.05, 0) is 58.1 Å². The number of hydrogen-bond acceptors (Lipinski definition) is 4. The highest BCUT2D eigenvalue weighted by Crippen LogP contribution is 2.27. The summed E-state index contributed by atoms with van der Waals surface area (Å²) >= 11 is 6.16. The van der Waals surface area contributed by atoms with Crippen LogP contribution in [0.3, 0.4) is 0 Å². The molecule has 1 aliphatic heterocycles. The van der Waals surface area contributed by atoms with Gasteiger partial charge in [0.2, 0.25) is 10.0 Å². The molecule has 0 aromatic heterocycles. The standard InChI is InChI=1S/C18H28ClN3O3S.ClH/c1-21(2)11-7-10-20-18(23)15-8-9-16(19)17(14-15)26(24,25)22-12-5-3-4-6-13-22;/h8-9,14H,3-7,10-13H2,1-2H3,(H,20,23);1H/p-1. The Morgan fingerprint density at radius 3 is 2.41 bits per heavy atom. The Labute approximate surface area is 173 Å². The fourth-order valence-electron chi connectivity index (χ4n) is 2.96. The second-order valence-corrected chi connectivity index (χ2v) is 9.19. The van der Waals surface area contributed by atoms with Crippen molar-refractivity contribution in [2.75, 3.05) is 40.3 Å². The maximum absolute atomic E-state index is 13.0. The van der Waals surface area contributed by atoms with Crippen LogP contribution in [0.15, 0.2) is 23.1 Å². The fraction of sp³-hybridized carbons (Fsp3) is 0.611. The van der Waals surface area contributed by atoms with E-state index in [1.54, 1.807) is 6.07 Å². The monoisotopic (exact) mass is 436 g/mol. The van der Waals surface area contributed by atoms with Crippen LogP contribution in [0, 0.1) is 0 Å². The largest absolute Gasteiger partial charge is 1.00 e. The first-order valence-corrected chi connectivity index (χ1v) is 10.9. The molecule has 1 aromatic carbocycles. The Bertz CT molecular complexity index is 719. The van der Waals surface area contributed by atoms with Gasteiger partial charge in [0.25, 0.3) is 5.91 Å². The molecule has 0 aliphatic carbocycles. The Morgan fingerprint density at radius 2 is 1.81 bits per heavy atom. The second kappa shape index (κ2) is 11.2. The van der Waals surface area contributed by atoms with E-state index in [9.17, 15) is 13.2 Å². The topological polar surface area (TPSA) is 69.7 Å². The highest BCUT2D eigenvalue weighted by atomic mass is 35.5. The van der Waals surface area contributed by atoms with Crippen molar-refractivity contribution in [3.8, 4) is 0 Å². The maximum atomic E-state index is 13.0. The molecule has 1 saturated heterocycles. The van der Waals surface area contributed by atoms with E-state index in [1.165, 1.54) is 16.4 Å². The third kappa shape index (κ3) is 6.91. The number of rotatable bonds is 7. The lowest BCUT2D eigenvalue weighted by molar-refractivity contribution is -0.0000163. The number of nitrogens with one attached hydrogen (secondary N) is 1. The summed E-state index contributed by atoms with van der Waals surface area (Å²) in [5.74, 6) is -0.285. The van der Waals surface area contributed by atoms with Gasteiger partial charge in [-0.2, -0.15) is 4.31 Å². The summed E-state index contributed by atoms with van der Waals surface area (Å²) < 4.78 is 27.4. The fourth-order valence-corrected chi connectivity index (χ4v) is 4.98. The van der Waals surface area contributed by atoms with Crippen LogP contribution in [0.1, 0.15) is 42.5 Å². The Balaban J connectivity index is 0.00000364. The summed E-state index contributed by atoms with van der Waals surface area (Å²) in [5, 5.41) is 2.98. The zero-order valence-electron chi connectivity index (χ0n) is 15.9. The van der Waals surface area contributed by atoms with E-state index in [-0.39, 0.29) is 28.2 Å². The van der Waals surface area contributed by atoms with E-state index < -0.39 is 10.0 Å². The quantitative estimate of drug-likeness (QED) is 0.589. The molecule has 2 rings (SSSR count). The van der Waals surface area contributed by atoms with Crippen molar-refractivity contribution in [3.63, 3.8) is 0 Å². The van der Waals surface area contributed by atoms with Gasteiger partial charge in [0, 0.05) is 25.2 Å². The van der Waals surface area contributed by atoms with Crippen LogP contribution in [0.25, 0.3) is 0 Å². The predicted molar refractivity (Wildman–Crippen MR) is 104 cm³/mol.